The van der Waals surface area contributed by atoms with Crippen molar-refractivity contribution in [3.8, 4) is 0 Å². The second-order valence-electron chi connectivity index (χ2n) is 6.11. The molecule has 18 heavy (non-hydrogen) atoms. The van der Waals surface area contributed by atoms with Crippen molar-refractivity contribution in [2.24, 2.45) is 11.8 Å². The number of methoxy groups -OCH3 is 1. The molecule has 0 rings (SSSR count). The van der Waals surface area contributed by atoms with Gasteiger partial charge in [-0.3, -0.25) is 0 Å². The molecule has 3 nitrogen and oxygen atoms in total. The van der Waals surface area contributed by atoms with Crippen LogP contribution in [0.25, 0.3) is 0 Å². The van der Waals surface area contributed by atoms with Crippen LogP contribution in [0.2, 0.25) is 0 Å². The van der Waals surface area contributed by atoms with Gasteiger partial charge in [-0.1, -0.05) is 27.7 Å². The molecule has 110 valence electrons. The molecule has 0 heterocycles. The molecule has 0 spiro atoms. The van der Waals surface area contributed by atoms with Crippen molar-refractivity contribution in [3.05, 3.63) is 0 Å². The lowest BCUT2D eigenvalue weighted by molar-refractivity contribution is 0.136. The first kappa shape index (κ1) is 17.9. The normalized spacial score (nSPS) is 13.8. The second-order valence-corrected chi connectivity index (χ2v) is 6.11. The fraction of sp³-hybridized carbons (Fsp3) is 1.00. The summed E-state index contributed by atoms with van der Waals surface area (Å²) in [5.41, 5.74) is 0. The lowest BCUT2D eigenvalue weighted by Crippen LogP contribution is -2.43. The number of likely N-dealkylation sites (N-methyl/N-ethyl adjacent to an activating group) is 1. The number of nitrogens with zero attached hydrogens (tertiary/aromatic N) is 1. The molecule has 0 saturated heterocycles. The van der Waals surface area contributed by atoms with Gasteiger partial charge in [0.15, 0.2) is 0 Å². The van der Waals surface area contributed by atoms with Gasteiger partial charge in [-0.2, -0.15) is 0 Å². The van der Waals surface area contributed by atoms with Crippen LogP contribution in [0.1, 0.15) is 40.5 Å². The molecule has 0 radical (unpaired) electrons. The predicted octanol–water partition coefficient (Wildman–Crippen LogP) is 2.62. The Labute approximate surface area is 114 Å². The molecule has 1 N–H and O–H groups in total. The zero-order valence-electron chi connectivity index (χ0n) is 13.3. The van der Waals surface area contributed by atoms with Crippen LogP contribution in [0.5, 0.6) is 0 Å². The summed E-state index contributed by atoms with van der Waals surface area (Å²) >= 11 is 0. The van der Waals surface area contributed by atoms with Crippen molar-refractivity contribution < 1.29 is 4.74 Å². The third kappa shape index (κ3) is 9.86. The molecule has 0 aromatic rings. The second kappa shape index (κ2) is 10.8. The first-order valence-corrected chi connectivity index (χ1v) is 7.38. The molecule has 0 aliphatic carbocycles. The highest BCUT2D eigenvalue weighted by atomic mass is 16.5. The first-order chi connectivity index (χ1) is 8.49. The summed E-state index contributed by atoms with van der Waals surface area (Å²) in [6.07, 6.45) is 2.56. The quantitative estimate of drug-likeness (QED) is 0.616. The van der Waals surface area contributed by atoms with Crippen LogP contribution in [0.15, 0.2) is 0 Å². The lowest BCUT2D eigenvalue weighted by atomic mass is 10.1. The van der Waals surface area contributed by atoms with E-state index in [4.69, 9.17) is 4.74 Å². The van der Waals surface area contributed by atoms with Crippen molar-refractivity contribution in [2.75, 3.05) is 40.4 Å². The Morgan fingerprint density at radius 3 is 1.83 bits per heavy atom. The average molecular weight is 258 g/mol. The van der Waals surface area contributed by atoms with Crippen LogP contribution >= 0.6 is 0 Å². The maximum atomic E-state index is 5.26. The maximum absolute atomic E-state index is 5.26. The van der Waals surface area contributed by atoms with E-state index < -0.39 is 0 Å². The van der Waals surface area contributed by atoms with Crippen LogP contribution in [0.4, 0.5) is 0 Å². The van der Waals surface area contributed by atoms with Gasteiger partial charge >= 0.3 is 0 Å². The molecular weight excluding hydrogens is 224 g/mol. The van der Waals surface area contributed by atoms with Crippen LogP contribution < -0.4 is 5.32 Å². The third-order valence-electron chi connectivity index (χ3n) is 3.30. The van der Waals surface area contributed by atoms with E-state index in [0.717, 1.165) is 25.0 Å². The first-order valence-electron chi connectivity index (χ1n) is 7.38. The minimum Gasteiger partial charge on any atom is -0.383 e. The van der Waals surface area contributed by atoms with Crippen molar-refractivity contribution in [3.63, 3.8) is 0 Å². The molecule has 0 fully saturated rings. The number of nitrogens with one attached hydrogen (secondary N) is 1. The summed E-state index contributed by atoms with van der Waals surface area (Å²) in [7, 11) is 3.80. The topological polar surface area (TPSA) is 24.5 Å². The Bertz CT molecular complexity index is 171. The van der Waals surface area contributed by atoms with E-state index in [1.807, 2.05) is 7.05 Å². The summed E-state index contributed by atoms with van der Waals surface area (Å²) in [4.78, 5) is 2.58. The minimum atomic E-state index is 0.439. The SMILES string of the molecule is CNC(COC)CN(CCC(C)C)CCC(C)C. The molecule has 0 bridgehead atoms. The Balaban J connectivity index is 4.16. The van der Waals surface area contributed by atoms with Crippen molar-refractivity contribution >= 4 is 0 Å². The van der Waals surface area contributed by atoms with Gasteiger partial charge in [0, 0.05) is 19.7 Å². The van der Waals surface area contributed by atoms with Gasteiger partial charge in [0.1, 0.15) is 0 Å². The standard InChI is InChI=1S/C15H34N2O/c1-13(2)7-9-17(10-8-14(3)4)11-15(16-5)12-18-6/h13-16H,7-12H2,1-6H3. The molecule has 1 unspecified atom stereocenters. The molecule has 0 aromatic heterocycles. The average Bonchev–Trinajstić information content (AvgIpc) is 2.31. The summed E-state index contributed by atoms with van der Waals surface area (Å²) < 4.78 is 5.26. The number of hydrogen-bond donors (Lipinski definition) is 1. The van der Waals surface area contributed by atoms with Crippen molar-refractivity contribution in [1.29, 1.82) is 0 Å². The van der Waals surface area contributed by atoms with Crippen LogP contribution in [0.3, 0.4) is 0 Å². The minimum absolute atomic E-state index is 0.439. The van der Waals surface area contributed by atoms with E-state index in [1.165, 1.54) is 25.9 Å². The van der Waals surface area contributed by atoms with Gasteiger partial charge in [0.25, 0.3) is 0 Å². The van der Waals surface area contributed by atoms with Gasteiger partial charge in [0.2, 0.25) is 0 Å². The fourth-order valence-electron chi connectivity index (χ4n) is 1.92. The van der Waals surface area contributed by atoms with E-state index in [9.17, 15) is 0 Å². The molecule has 0 aromatic carbocycles. The summed E-state index contributed by atoms with van der Waals surface area (Å²) in [5, 5.41) is 3.34. The summed E-state index contributed by atoms with van der Waals surface area (Å²) in [6, 6.07) is 0.439. The molecule has 0 amide bonds. The highest BCUT2D eigenvalue weighted by Gasteiger charge is 2.13. The predicted molar refractivity (Wildman–Crippen MR) is 80.1 cm³/mol. The largest absolute Gasteiger partial charge is 0.383 e. The van der Waals surface area contributed by atoms with Gasteiger partial charge in [-0.25, -0.2) is 0 Å². The zero-order valence-corrected chi connectivity index (χ0v) is 13.3. The molecular formula is C15H34N2O. The molecule has 0 aliphatic rings. The lowest BCUT2D eigenvalue weighted by Gasteiger charge is -2.28. The van der Waals surface area contributed by atoms with E-state index in [2.05, 4.69) is 37.9 Å². The van der Waals surface area contributed by atoms with E-state index in [-0.39, 0.29) is 0 Å². The van der Waals surface area contributed by atoms with Gasteiger partial charge in [-0.05, 0) is 44.8 Å². The number of hydrogen-bond acceptors (Lipinski definition) is 3. The van der Waals surface area contributed by atoms with Crippen LogP contribution in [-0.4, -0.2) is 51.3 Å². The zero-order chi connectivity index (χ0) is 14.0. The molecule has 1 atom stereocenters. The van der Waals surface area contributed by atoms with Gasteiger partial charge in [-0.15, -0.1) is 0 Å². The summed E-state index contributed by atoms with van der Waals surface area (Å²) in [5.74, 6) is 1.56. The smallest absolute Gasteiger partial charge is 0.0628 e. The molecule has 0 aliphatic heterocycles. The van der Waals surface area contributed by atoms with Crippen LogP contribution in [0, 0.1) is 11.8 Å². The highest BCUT2D eigenvalue weighted by Crippen LogP contribution is 2.07. The Morgan fingerprint density at radius 2 is 1.50 bits per heavy atom. The monoisotopic (exact) mass is 258 g/mol. The van der Waals surface area contributed by atoms with E-state index in [1.54, 1.807) is 7.11 Å². The molecule has 0 saturated carbocycles. The Kier molecular flexibility index (Phi) is 10.7. The maximum Gasteiger partial charge on any atom is 0.0628 e. The van der Waals surface area contributed by atoms with E-state index >= 15 is 0 Å². The van der Waals surface area contributed by atoms with Crippen molar-refractivity contribution in [2.45, 2.75) is 46.6 Å². The Hall–Kier alpha value is -0.120. The molecule has 3 heteroatoms. The van der Waals surface area contributed by atoms with Gasteiger partial charge < -0.3 is 15.0 Å². The van der Waals surface area contributed by atoms with Crippen LogP contribution in [-0.2, 0) is 4.74 Å². The van der Waals surface area contributed by atoms with Crippen molar-refractivity contribution in [1.82, 2.24) is 10.2 Å². The fourth-order valence-corrected chi connectivity index (χ4v) is 1.92. The highest BCUT2D eigenvalue weighted by molar-refractivity contribution is 4.71. The Morgan fingerprint density at radius 1 is 1.00 bits per heavy atom. The number of rotatable bonds is 11. The third-order valence-corrected chi connectivity index (χ3v) is 3.30. The summed E-state index contributed by atoms with van der Waals surface area (Å²) in [6.45, 7) is 13.5. The van der Waals surface area contributed by atoms with Gasteiger partial charge in [0.05, 0.1) is 6.61 Å². The van der Waals surface area contributed by atoms with E-state index in [0.29, 0.717) is 6.04 Å². The number of ether oxygens (including phenoxy) is 1.